The Morgan fingerprint density at radius 3 is 2.46 bits per heavy atom. The van der Waals surface area contributed by atoms with Crippen molar-refractivity contribution in [1.29, 1.82) is 0 Å². The monoisotopic (exact) mass is 394 g/mol. The van der Waals surface area contributed by atoms with Gasteiger partial charge in [0.1, 0.15) is 0 Å². The van der Waals surface area contributed by atoms with Crippen molar-refractivity contribution in [3.63, 3.8) is 0 Å². The van der Waals surface area contributed by atoms with E-state index in [-0.39, 0.29) is 18.9 Å². The number of benzene rings is 2. The highest BCUT2D eigenvalue weighted by Gasteiger charge is 2.17. The first-order valence-corrected chi connectivity index (χ1v) is 10.5. The SMILES string of the molecule is Cc1cccc(CNC(=O)CCCN(c2ccc(Cl)cc2)S(C)(=O)=O)c1. The van der Waals surface area contributed by atoms with Gasteiger partial charge in [-0.2, -0.15) is 0 Å². The predicted octanol–water partition coefficient (Wildman–Crippen LogP) is 3.51. The summed E-state index contributed by atoms with van der Waals surface area (Å²) in [6.45, 7) is 2.70. The Balaban J connectivity index is 1.87. The molecule has 0 heterocycles. The molecule has 2 aromatic carbocycles. The first-order valence-electron chi connectivity index (χ1n) is 8.31. The number of halogens is 1. The van der Waals surface area contributed by atoms with Gasteiger partial charge in [0.25, 0.3) is 0 Å². The van der Waals surface area contributed by atoms with Crippen LogP contribution in [-0.4, -0.2) is 27.1 Å². The van der Waals surface area contributed by atoms with E-state index in [1.54, 1.807) is 24.3 Å². The molecule has 0 aliphatic carbocycles. The van der Waals surface area contributed by atoms with Crippen LogP contribution >= 0.6 is 11.6 Å². The summed E-state index contributed by atoms with van der Waals surface area (Å²) in [5.41, 5.74) is 2.72. The fourth-order valence-electron chi connectivity index (χ4n) is 2.59. The lowest BCUT2D eigenvalue weighted by molar-refractivity contribution is -0.121. The average molecular weight is 395 g/mol. The maximum absolute atomic E-state index is 12.0. The molecule has 0 spiro atoms. The molecule has 0 unspecified atom stereocenters. The fraction of sp³-hybridized carbons (Fsp3) is 0.316. The van der Waals surface area contributed by atoms with E-state index in [1.165, 1.54) is 4.31 Å². The first kappa shape index (κ1) is 20.3. The Morgan fingerprint density at radius 2 is 1.85 bits per heavy atom. The van der Waals surface area contributed by atoms with E-state index in [9.17, 15) is 13.2 Å². The van der Waals surface area contributed by atoms with E-state index in [0.29, 0.717) is 23.7 Å². The lowest BCUT2D eigenvalue weighted by atomic mass is 10.1. The van der Waals surface area contributed by atoms with Crippen LogP contribution in [0.5, 0.6) is 0 Å². The van der Waals surface area contributed by atoms with Crippen molar-refractivity contribution in [2.45, 2.75) is 26.3 Å². The molecule has 0 aliphatic rings. The summed E-state index contributed by atoms with van der Waals surface area (Å²) in [7, 11) is -3.43. The molecule has 0 saturated heterocycles. The summed E-state index contributed by atoms with van der Waals surface area (Å²) in [6.07, 6.45) is 1.83. The summed E-state index contributed by atoms with van der Waals surface area (Å²) in [5.74, 6) is -0.101. The van der Waals surface area contributed by atoms with Crippen molar-refractivity contribution in [2.75, 3.05) is 17.1 Å². The topological polar surface area (TPSA) is 66.5 Å². The molecular formula is C19H23ClN2O3S. The molecule has 2 aromatic rings. The molecule has 5 nitrogen and oxygen atoms in total. The Kier molecular flexibility index (Phi) is 7.06. The molecule has 0 aromatic heterocycles. The van der Waals surface area contributed by atoms with Gasteiger partial charge in [0.05, 0.1) is 11.9 Å². The number of carbonyl (C=O) groups is 1. The molecule has 1 N–H and O–H groups in total. The second-order valence-corrected chi connectivity index (χ2v) is 8.52. The highest BCUT2D eigenvalue weighted by atomic mass is 35.5. The van der Waals surface area contributed by atoms with Gasteiger partial charge in [0.2, 0.25) is 15.9 Å². The van der Waals surface area contributed by atoms with Crippen LogP contribution in [-0.2, 0) is 21.4 Å². The maximum Gasteiger partial charge on any atom is 0.232 e. The summed E-state index contributed by atoms with van der Waals surface area (Å²) in [5, 5.41) is 3.40. The lowest BCUT2D eigenvalue weighted by Gasteiger charge is -2.22. The van der Waals surface area contributed by atoms with Gasteiger partial charge in [-0.1, -0.05) is 41.4 Å². The Labute approximate surface area is 160 Å². The number of hydrogen-bond donors (Lipinski definition) is 1. The number of nitrogens with one attached hydrogen (secondary N) is 1. The van der Waals surface area contributed by atoms with Crippen LogP contribution in [0.3, 0.4) is 0 Å². The number of sulfonamides is 1. The zero-order valence-corrected chi connectivity index (χ0v) is 16.5. The molecule has 0 aliphatic heterocycles. The van der Waals surface area contributed by atoms with Crippen molar-refractivity contribution in [2.24, 2.45) is 0 Å². The summed E-state index contributed by atoms with van der Waals surface area (Å²) >= 11 is 5.85. The minimum absolute atomic E-state index is 0.101. The summed E-state index contributed by atoms with van der Waals surface area (Å²) in [4.78, 5) is 12.0. The standard InChI is InChI=1S/C19H23ClN2O3S/c1-15-5-3-6-16(13-15)14-21-19(23)7-4-12-22(26(2,24)25)18-10-8-17(20)9-11-18/h3,5-6,8-11,13H,4,7,12,14H2,1-2H3,(H,21,23). The van der Waals surface area contributed by atoms with E-state index in [2.05, 4.69) is 5.32 Å². The van der Waals surface area contributed by atoms with Crippen molar-refractivity contribution in [3.05, 3.63) is 64.7 Å². The number of nitrogens with zero attached hydrogens (tertiary/aromatic N) is 1. The number of amides is 1. The number of rotatable bonds is 8. The smallest absolute Gasteiger partial charge is 0.232 e. The van der Waals surface area contributed by atoms with E-state index in [1.807, 2.05) is 31.2 Å². The highest BCUT2D eigenvalue weighted by molar-refractivity contribution is 7.92. The van der Waals surface area contributed by atoms with Crippen LogP contribution < -0.4 is 9.62 Å². The van der Waals surface area contributed by atoms with E-state index >= 15 is 0 Å². The fourth-order valence-corrected chi connectivity index (χ4v) is 3.68. The van der Waals surface area contributed by atoms with Gasteiger partial charge < -0.3 is 5.32 Å². The molecule has 0 bridgehead atoms. The van der Waals surface area contributed by atoms with Gasteiger partial charge in [0, 0.05) is 24.5 Å². The third kappa shape index (κ3) is 6.35. The first-order chi connectivity index (χ1) is 12.3. The van der Waals surface area contributed by atoms with Crippen LogP contribution in [0.25, 0.3) is 0 Å². The van der Waals surface area contributed by atoms with Crippen LogP contribution in [0, 0.1) is 6.92 Å². The number of anilines is 1. The van der Waals surface area contributed by atoms with Crippen molar-refractivity contribution in [3.8, 4) is 0 Å². The van der Waals surface area contributed by atoms with Gasteiger partial charge >= 0.3 is 0 Å². The van der Waals surface area contributed by atoms with Gasteiger partial charge in [-0.25, -0.2) is 8.42 Å². The molecule has 2 rings (SSSR count). The third-order valence-corrected chi connectivity index (χ3v) is 5.30. The lowest BCUT2D eigenvalue weighted by Crippen LogP contribution is -2.32. The van der Waals surface area contributed by atoms with Crippen molar-refractivity contribution >= 4 is 33.2 Å². The molecule has 26 heavy (non-hydrogen) atoms. The molecule has 0 saturated carbocycles. The van der Waals surface area contributed by atoms with E-state index in [4.69, 9.17) is 11.6 Å². The average Bonchev–Trinajstić information content (AvgIpc) is 2.57. The van der Waals surface area contributed by atoms with Gasteiger partial charge in [-0.3, -0.25) is 9.10 Å². The van der Waals surface area contributed by atoms with E-state index < -0.39 is 10.0 Å². The third-order valence-electron chi connectivity index (χ3n) is 3.85. The van der Waals surface area contributed by atoms with E-state index in [0.717, 1.165) is 17.4 Å². The second-order valence-electron chi connectivity index (χ2n) is 6.18. The summed E-state index contributed by atoms with van der Waals surface area (Å²) in [6, 6.07) is 14.5. The highest BCUT2D eigenvalue weighted by Crippen LogP contribution is 2.21. The molecule has 7 heteroatoms. The molecular weight excluding hydrogens is 372 g/mol. The Morgan fingerprint density at radius 1 is 1.15 bits per heavy atom. The normalized spacial score (nSPS) is 11.2. The Hall–Kier alpha value is -2.05. The van der Waals surface area contributed by atoms with Gasteiger partial charge in [0.15, 0.2) is 0 Å². The largest absolute Gasteiger partial charge is 0.352 e. The quantitative estimate of drug-likeness (QED) is 0.745. The minimum Gasteiger partial charge on any atom is -0.352 e. The van der Waals surface area contributed by atoms with Crippen LogP contribution in [0.2, 0.25) is 5.02 Å². The van der Waals surface area contributed by atoms with Crippen molar-refractivity contribution < 1.29 is 13.2 Å². The van der Waals surface area contributed by atoms with Crippen LogP contribution in [0.1, 0.15) is 24.0 Å². The summed E-state index contributed by atoms with van der Waals surface area (Å²) < 4.78 is 25.3. The molecule has 140 valence electrons. The van der Waals surface area contributed by atoms with Crippen molar-refractivity contribution in [1.82, 2.24) is 5.32 Å². The predicted molar refractivity (Wildman–Crippen MR) is 106 cm³/mol. The van der Waals surface area contributed by atoms with Crippen LogP contribution in [0.15, 0.2) is 48.5 Å². The number of aryl methyl sites for hydroxylation is 1. The van der Waals surface area contributed by atoms with Crippen LogP contribution in [0.4, 0.5) is 5.69 Å². The zero-order valence-electron chi connectivity index (χ0n) is 14.9. The zero-order chi connectivity index (χ0) is 19.2. The molecule has 0 atom stereocenters. The number of hydrogen-bond acceptors (Lipinski definition) is 3. The Bertz CT molecular complexity index is 851. The van der Waals surface area contributed by atoms with Gasteiger partial charge in [-0.05, 0) is 43.2 Å². The maximum atomic E-state index is 12.0. The molecule has 1 amide bonds. The molecule has 0 fully saturated rings. The molecule has 0 radical (unpaired) electrons. The number of carbonyl (C=O) groups excluding carboxylic acids is 1. The second kappa shape index (κ2) is 9.05. The minimum atomic E-state index is -3.43. The van der Waals surface area contributed by atoms with Gasteiger partial charge in [-0.15, -0.1) is 0 Å².